The van der Waals surface area contributed by atoms with Crippen LogP contribution in [-0.4, -0.2) is 16.5 Å². The first-order valence-electron chi connectivity index (χ1n) is 6.30. The second-order valence-electron chi connectivity index (χ2n) is 4.76. The summed E-state index contributed by atoms with van der Waals surface area (Å²) in [6, 6.07) is 2.14. The molecule has 0 bridgehead atoms. The normalized spacial score (nSPS) is 18.2. The molecule has 16 heavy (non-hydrogen) atoms. The molecule has 2 N–H and O–H groups in total. The Kier molecular flexibility index (Phi) is 3.54. The van der Waals surface area contributed by atoms with Gasteiger partial charge >= 0.3 is 0 Å². The van der Waals surface area contributed by atoms with Crippen LogP contribution in [0.15, 0.2) is 6.07 Å². The van der Waals surface area contributed by atoms with Gasteiger partial charge in [-0.3, -0.25) is 0 Å². The first-order chi connectivity index (χ1) is 7.74. The van der Waals surface area contributed by atoms with E-state index in [4.69, 9.17) is 10.7 Å². The Morgan fingerprint density at radius 3 is 2.69 bits per heavy atom. The number of nitrogens with zero attached hydrogens (tertiary/aromatic N) is 2. The monoisotopic (exact) mass is 219 g/mol. The van der Waals surface area contributed by atoms with Crippen molar-refractivity contribution in [2.45, 2.75) is 51.4 Å². The second-order valence-corrected chi connectivity index (χ2v) is 4.76. The van der Waals surface area contributed by atoms with Gasteiger partial charge in [-0.25, -0.2) is 9.97 Å². The Balaban J connectivity index is 2.27. The fourth-order valence-corrected chi connectivity index (χ4v) is 2.17. The van der Waals surface area contributed by atoms with Crippen molar-refractivity contribution in [2.24, 2.45) is 5.73 Å². The van der Waals surface area contributed by atoms with E-state index in [1.165, 1.54) is 25.0 Å². The molecule has 1 fully saturated rings. The SMILES string of the molecule is CCC(CN)c1nc(C)cc(C2CCC2)n1. The highest BCUT2D eigenvalue weighted by atomic mass is 14.9. The van der Waals surface area contributed by atoms with Crippen LogP contribution in [-0.2, 0) is 0 Å². The van der Waals surface area contributed by atoms with Crippen molar-refractivity contribution in [1.29, 1.82) is 0 Å². The molecule has 88 valence electrons. The van der Waals surface area contributed by atoms with Gasteiger partial charge in [0.2, 0.25) is 0 Å². The standard InChI is InChI=1S/C13H21N3/c1-3-10(8-14)13-15-9(2)7-12(16-13)11-5-4-6-11/h7,10-11H,3-6,8,14H2,1-2H3. The summed E-state index contributed by atoms with van der Waals surface area (Å²) in [5.41, 5.74) is 8.08. The summed E-state index contributed by atoms with van der Waals surface area (Å²) in [5.74, 6) is 1.95. The van der Waals surface area contributed by atoms with Gasteiger partial charge in [0.15, 0.2) is 0 Å². The van der Waals surface area contributed by atoms with E-state index in [0.717, 1.165) is 17.9 Å². The van der Waals surface area contributed by atoms with Crippen LogP contribution in [0.1, 0.15) is 61.7 Å². The van der Waals surface area contributed by atoms with E-state index in [9.17, 15) is 0 Å². The number of hydrogen-bond acceptors (Lipinski definition) is 3. The molecule has 1 heterocycles. The fourth-order valence-electron chi connectivity index (χ4n) is 2.17. The summed E-state index contributed by atoms with van der Waals surface area (Å²) in [6.07, 6.45) is 4.94. The Labute approximate surface area is 97.5 Å². The Morgan fingerprint density at radius 1 is 1.44 bits per heavy atom. The summed E-state index contributed by atoms with van der Waals surface area (Å²) < 4.78 is 0. The van der Waals surface area contributed by atoms with Crippen LogP contribution in [0.3, 0.4) is 0 Å². The zero-order valence-corrected chi connectivity index (χ0v) is 10.2. The van der Waals surface area contributed by atoms with E-state index < -0.39 is 0 Å². The van der Waals surface area contributed by atoms with Gasteiger partial charge in [-0.2, -0.15) is 0 Å². The fraction of sp³-hybridized carbons (Fsp3) is 0.692. The maximum absolute atomic E-state index is 5.76. The maximum atomic E-state index is 5.76. The molecule has 1 unspecified atom stereocenters. The third-order valence-corrected chi connectivity index (χ3v) is 3.56. The van der Waals surface area contributed by atoms with Crippen molar-refractivity contribution in [3.63, 3.8) is 0 Å². The van der Waals surface area contributed by atoms with E-state index >= 15 is 0 Å². The summed E-state index contributed by atoms with van der Waals surface area (Å²) in [4.78, 5) is 9.23. The lowest BCUT2D eigenvalue weighted by molar-refractivity contribution is 0.407. The Bertz CT molecular complexity index is 354. The van der Waals surface area contributed by atoms with Crippen molar-refractivity contribution < 1.29 is 0 Å². The molecule has 0 amide bonds. The quantitative estimate of drug-likeness (QED) is 0.846. The van der Waals surface area contributed by atoms with Crippen LogP contribution >= 0.6 is 0 Å². The smallest absolute Gasteiger partial charge is 0.133 e. The first kappa shape index (κ1) is 11.5. The zero-order valence-electron chi connectivity index (χ0n) is 10.2. The van der Waals surface area contributed by atoms with E-state index in [1.54, 1.807) is 0 Å². The van der Waals surface area contributed by atoms with E-state index in [2.05, 4.69) is 24.9 Å². The largest absolute Gasteiger partial charge is 0.330 e. The van der Waals surface area contributed by atoms with Gasteiger partial charge in [-0.1, -0.05) is 13.3 Å². The molecule has 1 aliphatic carbocycles. The molecule has 0 aliphatic heterocycles. The summed E-state index contributed by atoms with van der Waals surface area (Å²) in [6.45, 7) is 4.84. The molecular formula is C13H21N3. The molecule has 1 saturated carbocycles. The molecule has 0 spiro atoms. The topological polar surface area (TPSA) is 51.8 Å². The minimum Gasteiger partial charge on any atom is -0.330 e. The Hall–Kier alpha value is -0.960. The third kappa shape index (κ3) is 2.24. The van der Waals surface area contributed by atoms with Crippen molar-refractivity contribution in [3.05, 3.63) is 23.3 Å². The minimum absolute atomic E-state index is 0.318. The molecule has 0 radical (unpaired) electrons. The molecule has 3 nitrogen and oxygen atoms in total. The maximum Gasteiger partial charge on any atom is 0.133 e. The molecule has 0 aromatic carbocycles. The Morgan fingerprint density at radius 2 is 2.19 bits per heavy atom. The van der Waals surface area contributed by atoms with Gasteiger partial charge < -0.3 is 5.73 Å². The zero-order chi connectivity index (χ0) is 11.5. The van der Waals surface area contributed by atoms with E-state index in [-0.39, 0.29) is 0 Å². The first-order valence-corrected chi connectivity index (χ1v) is 6.30. The molecule has 2 rings (SSSR count). The van der Waals surface area contributed by atoms with Gasteiger partial charge in [0.25, 0.3) is 0 Å². The lowest BCUT2D eigenvalue weighted by Gasteiger charge is -2.25. The minimum atomic E-state index is 0.318. The van der Waals surface area contributed by atoms with Crippen LogP contribution in [0.4, 0.5) is 0 Å². The van der Waals surface area contributed by atoms with Crippen LogP contribution in [0.2, 0.25) is 0 Å². The van der Waals surface area contributed by atoms with Gasteiger partial charge in [0.1, 0.15) is 5.82 Å². The predicted molar refractivity (Wildman–Crippen MR) is 65.4 cm³/mol. The number of nitrogens with two attached hydrogens (primary N) is 1. The molecule has 0 saturated heterocycles. The lowest BCUT2D eigenvalue weighted by atomic mass is 9.82. The second kappa shape index (κ2) is 4.91. The van der Waals surface area contributed by atoms with Crippen LogP contribution < -0.4 is 5.73 Å². The van der Waals surface area contributed by atoms with Gasteiger partial charge in [-0.05, 0) is 32.3 Å². The summed E-state index contributed by atoms with van der Waals surface area (Å²) in [7, 11) is 0. The van der Waals surface area contributed by atoms with Crippen molar-refractivity contribution >= 4 is 0 Å². The molecule has 1 aliphatic rings. The van der Waals surface area contributed by atoms with Crippen molar-refractivity contribution in [1.82, 2.24) is 9.97 Å². The van der Waals surface area contributed by atoms with Crippen molar-refractivity contribution in [3.8, 4) is 0 Å². The lowest BCUT2D eigenvalue weighted by Crippen LogP contribution is -2.18. The highest BCUT2D eigenvalue weighted by molar-refractivity contribution is 5.17. The number of aromatic nitrogens is 2. The highest BCUT2D eigenvalue weighted by Crippen LogP contribution is 2.35. The third-order valence-electron chi connectivity index (χ3n) is 3.56. The van der Waals surface area contributed by atoms with Crippen molar-refractivity contribution in [2.75, 3.05) is 6.54 Å². The predicted octanol–water partition coefficient (Wildman–Crippen LogP) is 2.50. The molecule has 3 heteroatoms. The number of hydrogen-bond donors (Lipinski definition) is 1. The molecule has 1 atom stereocenters. The summed E-state index contributed by atoms with van der Waals surface area (Å²) in [5, 5.41) is 0. The van der Waals surface area contributed by atoms with Crippen LogP contribution in [0.5, 0.6) is 0 Å². The van der Waals surface area contributed by atoms with E-state index in [1.807, 2.05) is 0 Å². The number of rotatable bonds is 4. The van der Waals surface area contributed by atoms with Crippen LogP contribution in [0, 0.1) is 6.92 Å². The summed E-state index contributed by atoms with van der Waals surface area (Å²) >= 11 is 0. The van der Waals surface area contributed by atoms with Gasteiger partial charge in [0, 0.05) is 29.8 Å². The van der Waals surface area contributed by atoms with Gasteiger partial charge in [-0.15, -0.1) is 0 Å². The molecular weight excluding hydrogens is 198 g/mol. The molecule has 1 aromatic heterocycles. The van der Waals surface area contributed by atoms with Crippen LogP contribution in [0.25, 0.3) is 0 Å². The molecule has 1 aromatic rings. The average molecular weight is 219 g/mol. The van der Waals surface area contributed by atoms with Gasteiger partial charge in [0.05, 0.1) is 0 Å². The highest BCUT2D eigenvalue weighted by Gasteiger charge is 2.22. The van der Waals surface area contributed by atoms with E-state index in [0.29, 0.717) is 18.4 Å². The average Bonchev–Trinajstić information content (AvgIpc) is 2.16. The number of aryl methyl sites for hydroxylation is 1.